The summed E-state index contributed by atoms with van der Waals surface area (Å²) >= 11 is 5.07. The first kappa shape index (κ1) is 19.2. The summed E-state index contributed by atoms with van der Waals surface area (Å²) in [5.41, 5.74) is 3.13. The van der Waals surface area contributed by atoms with E-state index in [1.54, 1.807) is 34.0 Å². The molecule has 0 bridgehead atoms. The van der Waals surface area contributed by atoms with Crippen molar-refractivity contribution >= 4 is 39.1 Å². The molecule has 152 valence electrons. The molecule has 0 atom stereocenters. The lowest BCUT2D eigenvalue weighted by atomic mass is 10.3. The van der Waals surface area contributed by atoms with Crippen LogP contribution in [-0.2, 0) is 19.5 Å². The quantitative estimate of drug-likeness (QED) is 0.339. The van der Waals surface area contributed by atoms with Crippen molar-refractivity contribution in [3.8, 4) is 15.7 Å². The van der Waals surface area contributed by atoms with Crippen LogP contribution in [0.2, 0.25) is 0 Å². The Kier molecular flexibility index (Phi) is 5.48. The highest BCUT2D eigenvalue weighted by atomic mass is 32.1. The summed E-state index contributed by atoms with van der Waals surface area (Å²) < 4.78 is 4.12. The van der Waals surface area contributed by atoms with Crippen LogP contribution in [0, 0.1) is 6.92 Å². The molecule has 0 amide bonds. The van der Waals surface area contributed by atoms with E-state index in [2.05, 4.69) is 50.7 Å². The van der Waals surface area contributed by atoms with Gasteiger partial charge < -0.3 is 5.32 Å². The number of thiazole rings is 2. The number of thiophene rings is 1. The van der Waals surface area contributed by atoms with E-state index >= 15 is 0 Å². The average Bonchev–Trinajstić information content (AvgIpc) is 3.56. The van der Waals surface area contributed by atoms with Gasteiger partial charge in [-0.1, -0.05) is 17.4 Å². The molecule has 0 aromatic carbocycles. The van der Waals surface area contributed by atoms with Crippen LogP contribution in [0.3, 0.4) is 0 Å². The van der Waals surface area contributed by atoms with Gasteiger partial charge in [0.05, 0.1) is 17.1 Å². The van der Waals surface area contributed by atoms with Crippen molar-refractivity contribution in [2.24, 2.45) is 0 Å². The summed E-state index contributed by atoms with van der Waals surface area (Å²) in [6, 6.07) is 10.5. The van der Waals surface area contributed by atoms with Crippen LogP contribution < -0.4 is 5.32 Å². The zero-order valence-electron chi connectivity index (χ0n) is 16.4. The van der Waals surface area contributed by atoms with Crippen LogP contribution >= 0.6 is 34.0 Å². The third-order valence-corrected chi connectivity index (χ3v) is 7.56. The Balaban J connectivity index is 1.26. The Morgan fingerprint density at radius 3 is 2.87 bits per heavy atom. The molecule has 0 aliphatic heterocycles. The molecule has 9 heteroatoms. The molecule has 0 radical (unpaired) electrons. The van der Waals surface area contributed by atoms with Gasteiger partial charge in [-0.15, -0.1) is 22.7 Å². The normalized spacial score (nSPS) is 11.2. The first-order chi connectivity index (χ1) is 14.8. The van der Waals surface area contributed by atoms with Crippen LogP contribution in [0.4, 0.5) is 5.13 Å². The summed E-state index contributed by atoms with van der Waals surface area (Å²) in [4.78, 5) is 11.6. The zero-order valence-corrected chi connectivity index (χ0v) is 18.8. The Bertz CT molecular complexity index is 1210. The van der Waals surface area contributed by atoms with Crippen LogP contribution in [0.25, 0.3) is 15.7 Å². The molecule has 5 aromatic heterocycles. The monoisotopic (exact) mass is 452 g/mol. The minimum absolute atomic E-state index is 0.689. The van der Waals surface area contributed by atoms with E-state index in [1.807, 2.05) is 35.4 Å². The lowest BCUT2D eigenvalue weighted by molar-refractivity contribution is 0.620. The van der Waals surface area contributed by atoms with Crippen molar-refractivity contribution in [1.82, 2.24) is 24.3 Å². The number of nitrogens with one attached hydrogen (secondary N) is 1. The van der Waals surface area contributed by atoms with Crippen LogP contribution in [0.1, 0.15) is 16.3 Å². The molecule has 0 fully saturated rings. The zero-order chi connectivity index (χ0) is 20.3. The second-order valence-corrected chi connectivity index (χ2v) is 9.67. The molecule has 6 nitrogen and oxygen atoms in total. The molecule has 5 aromatic rings. The second-order valence-electron chi connectivity index (χ2n) is 6.76. The molecule has 0 saturated carbocycles. The standard InChI is InChI=1S/C21H20N6S3/c1-15-19(18-7-11-26(25-18)10-6-17-5-3-12-28-17)30-20(24-15)23-14-16-4-2-9-27(16)21-22-8-13-29-21/h2-5,7-9,11-13H,6,10,14H2,1H3,(H,23,24). The number of anilines is 1. The Morgan fingerprint density at radius 1 is 1.07 bits per heavy atom. The maximum atomic E-state index is 4.76. The highest BCUT2D eigenvalue weighted by molar-refractivity contribution is 7.19. The van der Waals surface area contributed by atoms with Crippen LogP contribution in [0.5, 0.6) is 0 Å². The number of aromatic nitrogens is 5. The summed E-state index contributed by atoms with van der Waals surface area (Å²) in [6.45, 7) is 3.62. The predicted octanol–water partition coefficient (Wildman–Crippen LogP) is 5.48. The topological polar surface area (TPSA) is 60.6 Å². The Labute approximate surface area is 186 Å². The van der Waals surface area contributed by atoms with Crippen molar-refractivity contribution in [3.63, 3.8) is 0 Å². The number of aryl methyl sites for hydroxylation is 3. The molecular formula is C21H20N6S3. The summed E-state index contributed by atoms with van der Waals surface area (Å²) in [6.07, 6.45) is 6.92. The lowest BCUT2D eigenvalue weighted by Gasteiger charge is -2.06. The maximum absolute atomic E-state index is 4.76. The van der Waals surface area contributed by atoms with Crippen molar-refractivity contribution in [2.45, 2.75) is 26.4 Å². The largest absolute Gasteiger partial charge is 0.356 e. The smallest absolute Gasteiger partial charge is 0.193 e. The number of rotatable bonds is 8. The van der Waals surface area contributed by atoms with Gasteiger partial charge in [-0.25, -0.2) is 9.97 Å². The third-order valence-electron chi connectivity index (χ3n) is 4.72. The minimum Gasteiger partial charge on any atom is -0.356 e. The van der Waals surface area contributed by atoms with E-state index < -0.39 is 0 Å². The van der Waals surface area contributed by atoms with E-state index in [1.165, 1.54) is 4.88 Å². The van der Waals surface area contributed by atoms with Crippen molar-refractivity contribution in [2.75, 3.05) is 5.32 Å². The fourth-order valence-electron chi connectivity index (χ4n) is 3.24. The molecule has 0 spiro atoms. The van der Waals surface area contributed by atoms with Crippen molar-refractivity contribution in [1.29, 1.82) is 0 Å². The van der Waals surface area contributed by atoms with E-state index in [4.69, 9.17) is 10.1 Å². The van der Waals surface area contributed by atoms with Gasteiger partial charge >= 0.3 is 0 Å². The van der Waals surface area contributed by atoms with Gasteiger partial charge in [0.2, 0.25) is 0 Å². The fraction of sp³-hybridized carbons (Fsp3) is 0.190. The van der Waals surface area contributed by atoms with Crippen molar-refractivity contribution in [3.05, 3.63) is 75.9 Å². The molecule has 5 rings (SSSR count). The lowest BCUT2D eigenvalue weighted by Crippen LogP contribution is -2.05. The van der Waals surface area contributed by atoms with Gasteiger partial charge in [-0.3, -0.25) is 9.25 Å². The van der Waals surface area contributed by atoms with E-state index in [0.717, 1.165) is 45.2 Å². The van der Waals surface area contributed by atoms with E-state index in [9.17, 15) is 0 Å². The molecule has 30 heavy (non-hydrogen) atoms. The summed E-state index contributed by atoms with van der Waals surface area (Å²) in [5, 5.41) is 14.2. The first-order valence-electron chi connectivity index (χ1n) is 9.60. The summed E-state index contributed by atoms with van der Waals surface area (Å²) in [5.74, 6) is 0. The van der Waals surface area contributed by atoms with E-state index in [-0.39, 0.29) is 0 Å². The van der Waals surface area contributed by atoms with Gasteiger partial charge in [0.1, 0.15) is 5.69 Å². The maximum Gasteiger partial charge on any atom is 0.193 e. The van der Waals surface area contributed by atoms with Crippen molar-refractivity contribution < 1.29 is 0 Å². The molecule has 0 aliphatic rings. The average molecular weight is 453 g/mol. The van der Waals surface area contributed by atoms with Crippen LogP contribution in [-0.4, -0.2) is 24.3 Å². The Hall–Kier alpha value is -2.75. The summed E-state index contributed by atoms with van der Waals surface area (Å²) in [7, 11) is 0. The molecule has 0 saturated heterocycles. The second kappa shape index (κ2) is 8.55. The molecule has 0 unspecified atom stereocenters. The SMILES string of the molecule is Cc1nc(NCc2cccn2-c2nccs2)sc1-c1ccn(CCc2cccs2)n1. The van der Waals surface area contributed by atoms with Gasteiger partial charge in [0.15, 0.2) is 10.3 Å². The molecule has 5 heterocycles. The van der Waals surface area contributed by atoms with E-state index in [0.29, 0.717) is 6.54 Å². The number of nitrogens with zero attached hydrogens (tertiary/aromatic N) is 5. The fourth-order valence-corrected chi connectivity index (χ4v) is 5.53. The Morgan fingerprint density at radius 2 is 2.03 bits per heavy atom. The highest BCUT2D eigenvalue weighted by Gasteiger charge is 2.13. The van der Waals surface area contributed by atoms with Gasteiger partial charge in [0, 0.05) is 47.5 Å². The minimum atomic E-state index is 0.689. The first-order valence-corrected chi connectivity index (χ1v) is 12.2. The predicted molar refractivity (Wildman–Crippen MR) is 125 cm³/mol. The number of hydrogen-bond acceptors (Lipinski definition) is 7. The number of hydrogen-bond donors (Lipinski definition) is 1. The molecule has 1 N–H and O–H groups in total. The molecular weight excluding hydrogens is 432 g/mol. The van der Waals surface area contributed by atoms with Gasteiger partial charge in [0.25, 0.3) is 0 Å². The molecule has 0 aliphatic carbocycles. The van der Waals surface area contributed by atoms with Crippen LogP contribution in [0.15, 0.2) is 59.7 Å². The van der Waals surface area contributed by atoms with Gasteiger partial charge in [-0.2, -0.15) is 5.10 Å². The third kappa shape index (κ3) is 4.09. The van der Waals surface area contributed by atoms with Gasteiger partial charge in [-0.05, 0) is 36.6 Å². The highest BCUT2D eigenvalue weighted by Crippen LogP contribution is 2.32.